The number of benzene rings is 1. The van der Waals surface area contributed by atoms with Gasteiger partial charge in [-0.15, -0.1) is 0 Å². The van der Waals surface area contributed by atoms with E-state index in [9.17, 15) is 5.11 Å². The molecule has 0 aliphatic heterocycles. The van der Waals surface area contributed by atoms with Crippen LogP contribution in [0.1, 0.15) is 32.1 Å². The summed E-state index contributed by atoms with van der Waals surface area (Å²) in [5.41, 5.74) is -0.0706. The van der Waals surface area contributed by atoms with Gasteiger partial charge in [-0.2, -0.15) is 0 Å². The Balaban J connectivity index is 1.73. The highest BCUT2D eigenvalue weighted by atomic mass is 79.9. The van der Waals surface area contributed by atoms with Crippen LogP contribution in [0.3, 0.4) is 0 Å². The van der Waals surface area contributed by atoms with E-state index < -0.39 is 0 Å². The maximum atomic E-state index is 9.58. The number of aliphatic hydroxyl groups excluding tert-OH is 1. The van der Waals surface area contributed by atoms with Gasteiger partial charge < -0.3 is 15.2 Å². The Morgan fingerprint density at radius 1 is 1.26 bits per heavy atom. The molecule has 4 heteroatoms. The average Bonchev–Trinajstić information content (AvgIpc) is 2.45. The summed E-state index contributed by atoms with van der Waals surface area (Å²) in [4.78, 5) is 0. The minimum absolute atomic E-state index is 0.0706. The van der Waals surface area contributed by atoms with Gasteiger partial charge in [-0.3, -0.25) is 0 Å². The van der Waals surface area contributed by atoms with E-state index in [2.05, 4.69) is 21.2 Å². The second-order valence-corrected chi connectivity index (χ2v) is 6.15. The van der Waals surface area contributed by atoms with E-state index in [-0.39, 0.29) is 12.1 Å². The van der Waals surface area contributed by atoms with E-state index in [1.165, 1.54) is 19.3 Å². The highest BCUT2D eigenvalue weighted by Gasteiger charge is 2.30. The van der Waals surface area contributed by atoms with Gasteiger partial charge in [0.2, 0.25) is 0 Å². The Hall–Kier alpha value is -0.580. The fraction of sp³-hybridized carbons (Fsp3) is 0.600. The molecule has 1 fully saturated rings. The molecule has 1 aromatic carbocycles. The Bertz CT molecular complexity index is 391. The van der Waals surface area contributed by atoms with Gasteiger partial charge in [0, 0.05) is 16.6 Å². The fourth-order valence-electron chi connectivity index (χ4n) is 2.66. The standard InChI is InChI=1S/C15H22BrNO2/c16-13-5-4-6-14(11-13)19-10-9-17-15(12-18)7-2-1-3-8-15/h4-6,11,17-18H,1-3,7-10,12H2. The molecule has 0 unspecified atom stereocenters. The predicted octanol–water partition coefficient (Wildman–Crippen LogP) is 3.11. The van der Waals surface area contributed by atoms with Crippen molar-refractivity contribution in [2.75, 3.05) is 19.8 Å². The van der Waals surface area contributed by atoms with Gasteiger partial charge in [0.1, 0.15) is 12.4 Å². The molecular weight excluding hydrogens is 306 g/mol. The Kier molecular flexibility index (Phi) is 5.67. The van der Waals surface area contributed by atoms with Crippen LogP contribution in [0.25, 0.3) is 0 Å². The van der Waals surface area contributed by atoms with Crippen molar-refractivity contribution < 1.29 is 9.84 Å². The molecule has 2 N–H and O–H groups in total. The lowest BCUT2D eigenvalue weighted by atomic mass is 9.82. The van der Waals surface area contributed by atoms with E-state index in [0.29, 0.717) is 6.61 Å². The van der Waals surface area contributed by atoms with Gasteiger partial charge in [-0.25, -0.2) is 0 Å². The lowest BCUT2D eigenvalue weighted by Crippen LogP contribution is -2.51. The first-order valence-electron chi connectivity index (χ1n) is 6.98. The van der Waals surface area contributed by atoms with Crippen LogP contribution in [0, 0.1) is 0 Å². The van der Waals surface area contributed by atoms with Crippen LogP contribution in [0.5, 0.6) is 5.75 Å². The molecule has 2 rings (SSSR count). The maximum Gasteiger partial charge on any atom is 0.120 e. The monoisotopic (exact) mass is 327 g/mol. The van der Waals surface area contributed by atoms with Crippen LogP contribution < -0.4 is 10.1 Å². The smallest absolute Gasteiger partial charge is 0.120 e. The minimum Gasteiger partial charge on any atom is -0.492 e. The lowest BCUT2D eigenvalue weighted by molar-refractivity contribution is 0.116. The first kappa shape index (κ1) is 14.8. The summed E-state index contributed by atoms with van der Waals surface area (Å²) in [5, 5.41) is 13.1. The summed E-state index contributed by atoms with van der Waals surface area (Å²) < 4.78 is 6.72. The molecule has 19 heavy (non-hydrogen) atoms. The second-order valence-electron chi connectivity index (χ2n) is 5.23. The normalized spacial score (nSPS) is 18.2. The maximum absolute atomic E-state index is 9.58. The third-order valence-corrected chi connectivity index (χ3v) is 4.27. The third-order valence-electron chi connectivity index (χ3n) is 3.78. The number of ether oxygens (including phenoxy) is 1. The van der Waals surface area contributed by atoms with Crippen LogP contribution >= 0.6 is 15.9 Å². The van der Waals surface area contributed by atoms with Gasteiger partial charge in [0.15, 0.2) is 0 Å². The largest absolute Gasteiger partial charge is 0.492 e. The van der Waals surface area contributed by atoms with Gasteiger partial charge in [0.05, 0.1) is 6.61 Å². The van der Waals surface area contributed by atoms with Gasteiger partial charge in [0.25, 0.3) is 0 Å². The zero-order valence-corrected chi connectivity index (χ0v) is 12.8. The molecule has 1 aliphatic rings. The van der Waals surface area contributed by atoms with Crippen molar-refractivity contribution >= 4 is 15.9 Å². The van der Waals surface area contributed by atoms with Crippen LogP contribution in [-0.4, -0.2) is 30.4 Å². The zero-order valence-electron chi connectivity index (χ0n) is 11.2. The molecule has 3 nitrogen and oxygen atoms in total. The van der Waals surface area contributed by atoms with E-state index in [1.807, 2.05) is 24.3 Å². The summed E-state index contributed by atoms with van der Waals surface area (Å²) in [5.74, 6) is 0.873. The number of halogens is 1. The molecule has 0 amide bonds. The fourth-order valence-corrected chi connectivity index (χ4v) is 3.04. The van der Waals surface area contributed by atoms with Crippen molar-refractivity contribution in [3.63, 3.8) is 0 Å². The molecule has 0 bridgehead atoms. The summed E-state index contributed by atoms with van der Waals surface area (Å²) in [6.07, 6.45) is 5.85. The highest BCUT2D eigenvalue weighted by molar-refractivity contribution is 9.10. The van der Waals surface area contributed by atoms with Crippen molar-refractivity contribution in [1.29, 1.82) is 0 Å². The first-order chi connectivity index (χ1) is 9.24. The molecule has 106 valence electrons. The minimum atomic E-state index is -0.0706. The van der Waals surface area contributed by atoms with Crippen LogP contribution in [0.2, 0.25) is 0 Å². The van der Waals surface area contributed by atoms with Crippen molar-refractivity contribution in [2.45, 2.75) is 37.6 Å². The van der Waals surface area contributed by atoms with Crippen molar-refractivity contribution in [1.82, 2.24) is 5.32 Å². The van der Waals surface area contributed by atoms with Crippen molar-refractivity contribution in [3.05, 3.63) is 28.7 Å². The topological polar surface area (TPSA) is 41.5 Å². The predicted molar refractivity (Wildman–Crippen MR) is 80.5 cm³/mol. The SMILES string of the molecule is OCC1(NCCOc2cccc(Br)c2)CCCCC1. The highest BCUT2D eigenvalue weighted by Crippen LogP contribution is 2.27. The molecule has 0 heterocycles. The van der Waals surface area contributed by atoms with Crippen LogP contribution in [-0.2, 0) is 0 Å². The van der Waals surface area contributed by atoms with Crippen molar-refractivity contribution in [2.24, 2.45) is 0 Å². The van der Waals surface area contributed by atoms with Gasteiger partial charge in [-0.05, 0) is 31.0 Å². The van der Waals surface area contributed by atoms with E-state index in [1.54, 1.807) is 0 Å². The summed E-state index contributed by atoms with van der Waals surface area (Å²) in [6, 6.07) is 7.85. The molecule has 0 atom stereocenters. The number of hydrogen-bond acceptors (Lipinski definition) is 3. The summed E-state index contributed by atoms with van der Waals surface area (Å²) >= 11 is 3.42. The molecule has 1 aliphatic carbocycles. The third kappa shape index (κ3) is 4.48. The number of hydrogen-bond donors (Lipinski definition) is 2. The second kappa shape index (κ2) is 7.27. The van der Waals surface area contributed by atoms with Crippen LogP contribution in [0.4, 0.5) is 0 Å². The lowest BCUT2D eigenvalue weighted by Gasteiger charge is -2.36. The quantitative estimate of drug-likeness (QED) is 0.789. The number of nitrogens with one attached hydrogen (secondary N) is 1. The Morgan fingerprint density at radius 2 is 2.05 bits per heavy atom. The van der Waals surface area contributed by atoms with E-state index >= 15 is 0 Å². The Labute approximate surface area is 123 Å². The van der Waals surface area contributed by atoms with Crippen LogP contribution in [0.15, 0.2) is 28.7 Å². The number of rotatable bonds is 6. The molecule has 1 aromatic rings. The van der Waals surface area contributed by atoms with Gasteiger partial charge >= 0.3 is 0 Å². The number of aliphatic hydroxyl groups is 1. The summed E-state index contributed by atoms with van der Waals surface area (Å²) in [7, 11) is 0. The van der Waals surface area contributed by atoms with E-state index in [4.69, 9.17) is 4.74 Å². The average molecular weight is 328 g/mol. The summed E-state index contributed by atoms with van der Waals surface area (Å²) in [6.45, 7) is 1.62. The zero-order chi connectivity index (χ0) is 13.6. The molecule has 0 radical (unpaired) electrons. The molecule has 0 spiro atoms. The molecular formula is C15H22BrNO2. The first-order valence-corrected chi connectivity index (χ1v) is 7.78. The molecule has 1 saturated carbocycles. The van der Waals surface area contributed by atoms with E-state index in [0.717, 1.165) is 29.6 Å². The molecule has 0 saturated heterocycles. The molecule has 0 aromatic heterocycles. The van der Waals surface area contributed by atoms with Gasteiger partial charge in [-0.1, -0.05) is 41.3 Å². The Morgan fingerprint density at radius 3 is 2.74 bits per heavy atom. The van der Waals surface area contributed by atoms with Crippen molar-refractivity contribution in [3.8, 4) is 5.75 Å².